The van der Waals surface area contributed by atoms with Gasteiger partial charge >= 0.3 is 0 Å². The van der Waals surface area contributed by atoms with Gasteiger partial charge in [-0.05, 0) is 12.8 Å². The van der Waals surface area contributed by atoms with Crippen molar-refractivity contribution in [1.82, 2.24) is 4.90 Å². The van der Waals surface area contributed by atoms with E-state index < -0.39 is 24.9 Å². The standard InChI is InChI=1S/C41H83NO7/c1-3-5-7-9-11-13-15-17-19-21-23-25-27-29-31-48-35-38(44)32-42(33-39(45)36-49-37-40(46)34-43)41(47)30-28-26-24-22-20-18-16-14-12-10-8-6-4-2/h38-40,43-46H,3-37H2,1-2H3. The smallest absolute Gasteiger partial charge is 0.222 e. The fourth-order valence-corrected chi connectivity index (χ4v) is 6.36. The summed E-state index contributed by atoms with van der Waals surface area (Å²) >= 11 is 0. The van der Waals surface area contributed by atoms with E-state index in [1.807, 2.05) is 0 Å². The third kappa shape index (κ3) is 35.4. The number of nitrogens with zero attached hydrogens (tertiary/aromatic N) is 1. The molecule has 3 unspecified atom stereocenters. The van der Waals surface area contributed by atoms with Crippen molar-refractivity contribution in [3.05, 3.63) is 0 Å². The molecule has 1 amide bonds. The van der Waals surface area contributed by atoms with E-state index in [1.165, 1.54) is 146 Å². The van der Waals surface area contributed by atoms with Crippen molar-refractivity contribution in [2.45, 2.75) is 212 Å². The van der Waals surface area contributed by atoms with Gasteiger partial charge in [0.25, 0.3) is 0 Å². The van der Waals surface area contributed by atoms with Crippen LogP contribution in [0.3, 0.4) is 0 Å². The van der Waals surface area contributed by atoms with Crippen LogP contribution in [0.1, 0.15) is 194 Å². The van der Waals surface area contributed by atoms with Crippen molar-refractivity contribution in [1.29, 1.82) is 0 Å². The Morgan fingerprint density at radius 3 is 1.18 bits per heavy atom. The van der Waals surface area contributed by atoms with E-state index in [9.17, 15) is 20.1 Å². The predicted molar refractivity (Wildman–Crippen MR) is 204 cm³/mol. The van der Waals surface area contributed by atoms with E-state index in [2.05, 4.69) is 13.8 Å². The molecule has 0 aliphatic carbocycles. The minimum absolute atomic E-state index is 0.0442. The molecule has 3 atom stereocenters. The zero-order valence-corrected chi connectivity index (χ0v) is 32.4. The molecule has 0 radical (unpaired) electrons. The molecular formula is C41H83NO7. The van der Waals surface area contributed by atoms with Gasteiger partial charge in [0.05, 0.1) is 38.6 Å². The normalized spacial score (nSPS) is 13.5. The average Bonchev–Trinajstić information content (AvgIpc) is 3.09. The molecule has 0 saturated carbocycles. The summed E-state index contributed by atoms with van der Waals surface area (Å²) in [5.74, 6) is -0.0801. The van der Waals surface area contributed by atoms with E-state index in [4.69, 9.17) is 14.6 Å². The van der Waals surface area contributed by atoms with Crippen LogP contribution < -0.4 is 0 Å². The number of hydrogen-bond acceptors (Lipinski definition) is 7. The summed E-state index contributed by atoms with van der Waals surface area (Å²) in [6.07, 6.45) is 32.1. The summed E-state index contributed by atoms with van der Waals surface area (Å²) in [7, 11) is 0. The zero-order valence-electron chi connectivity index (χ0n) is 32.4. The Labute approximate surface area is 303 Å². The van der Waals surface area contributed by atoms with Crippen molar-refractivity contribution < 1.29 is 34.7 Å². The quantitative estimate of drug-likeness (QED) is 0.0471. The van der Waals surface area contributed by atoms with Gasteiger partial charge in [0, 0.05) is 26.1 Å². The summed E-state index contributed by atoms with van der Waals surface area (Å²) in [4.78, 5) is 14.6. The van der Waals surface area contributed by atoms with Gasteiger partial charge in [0.15, 0.2) is 0 Å². The molecular weight excluding hydrogens is 618 g/mol. The van der Waals surface area contributed by atoms with Gasteiger partial charge in [0.2, 0.25) is 5.91 Å². The molecule has 0 heterocycles. The number of aliphatic hydroxyl groups excluding tert-OH is 4. The van der Waals surface area contributed by atoms with Crippen molar-refractivity contribution in [3.63, 3.8) is 0 Å². The lowest BCUT2D eigenvalue weighted by molar-refractivity contribution is -0.135. The molecule has 4 N–H and O–H groups in total. The molecule has 0 aliphatic rings. The number of aliphatic hydroxyl groups is 4. The summed E-state index contributed by atoms with van der Waals surface area (Å²) in [5.41, 5.74) is 0. The van der Waals surface area contributed by atoms with Crippen LogP contribution in [0.2, 0.25) is 0 Å². The fraction of sp³-hybridized carbons (Fsp3) is 0.976. The molecule has 0 aliphatic heterocycles. The first kappa shape index (κ1) is 48.2. The highest BCUT2D eigenvalue weighted by molar-refractivity contribution is 5.76. The Balaban J connectivity index is 4.18. The van der Waals surface area contributed by atoms with Gasteiger partial charge in [-0.15, -0.1) is 0 Å². The number of amides is 1. The second kappa shape index (κ2) is 38.5. The van der Waals surface area contributed by atoms with E-state index in [0.717, 1.165) is 32.1 Å². The molecule has 0 aromatic heterocycles. The van der Waals surface area contributed by atoms with E-state index in [-0.39, 0.29) is 38.8 Å². The molecule has 0 spiro atoms. The highest BCUT2D eigenvalue weighted by Gasteiger charge is 2.21. The Bertz CT molecular complexity index is 668. The first-order valence-corrected chi connectivity index (χ1v) is 21.0. The van der Waals surface area contributed by atoms with Crippen LogP contribution >= 0.6 is 0 Å². The van der Waals surface area contributed by atoms with Crippen molar-refractivity contribution in [2.75, 3.05) is 46.1 Å². The number of hydrogen-bond donors (Lipinski definition) is 4. The van der Waals surface area contributed by atoms with Gasteiger partial charge in [-0.3, -0.25) is 4.79 Å². The number of carbonyl (C=O) groups excluding carboxylic acids is 1. The largest absolute Gasteiger partial charge is 0.394 e. The Kier molecular flexibility index (Phi) is 37.9. The van der Waals surface area contributed by atoms with E-state index >= 15 is 0 Å². The zero-order chi connectivity index (χ0) is 36.0. The predicted octanol–water partition coefficient (Wildman–Crippen LogP) is 8.89. The highest BCUT2D eigenvalue weighted by atomic mass is 16.5. The lowest BCUT2D eigenvalue weighted by Gasteiger charge is -2.28. The first-order chi connectivity index (χ1) is 23.9. The molecule has 8 nitrogen and oxygen atoms in total. The maximum atomic E-state index is 13.1. The number of unbranched alkanes of at least 4 members (excludes halogenated alkanes) is 25. The second-order valence-corrected chi connectivity index (χ2v) is 14.6. The molecule has 0 aromatic carbocycles. The third-order valence-corrected chi connectivity index (χ3v) is 9.49. The molecule has 8 heteroatoms. The first-order valence-electron chi connectivity index (χ1n) is 21.0. The number of carbonyl (C=O) groups is 1. The minimum atomic E-state index is -1.00. The number of rotatable bonds is 40. The minimum Gasteiger partial charge on any atom is -0.394 e. The molecule has 0 saturated heterocycles. The lowest BCUT2D eigenvalue weighted by atomic mass is 10.0. The SMILES string of the molecule is CCCCCCCCCCCCCCCCOCC(O)CN(CC(O)COCC(O)CO)C(=O)CCCCCCCCCCCCCCC. The molecule has 0 fully saturated rings. The second-order valence-electron chi connectivity index (χ2n) is 14.6. The number of ether oxygens (including phenoxy) is 2. The summed E-state index contributed by atoms with van der Waals surface area (Å²) in [6.45, 7) is 4.87. The topological polar surface area (TPSA) is 120 Å². The van der Waals surface area contributed by atoms with Gasteiger partial charge < -0.3 is 34.8 Å². The van der Waals surface area contributed by atoms with Crippen LogP contribution in [0.4, 0.5) is 0 Å². The van der Waals surface area contributed by atoms with Crippen LogP contribution in [0.5, 0.6) is 0 Å². The lowest BCUT2D eigenvalue weighted by Crippen LogP contribution is -2.44. The maximum absolute atomic E-state index is 13.1. The van der Waals surface area contributed by atoms with Crippen LogP contribution in [0.25, 0.3) is 0 Å². The van der Waals surface area contributed by atoms with Gasteiger partial charge in [-0.2, -0.15) is 0 Å². The van der Waals surface area contributed by atoms with Gasteiger partial charge in [0.1, 0.15) is 6.10 Å². The van der Waals surface area contributed by atoms with E-state index in [0.29, 0.717) is 13.0 Å². The van der Waals surface area contributed by atoms with Crippen molar-refractivity contribution in [3.8, 4) is 0 Å². The Morgan fingerprint density at radius 2 is 0.796 bits per heavy atom. The summed E-state index contributed by atoms with van der Waals surface area (Å²) in [5, 5.41) is 39.6. The summed E-state index contributed by atoms with van der Waals surface area (Å²) in [6, 6.07) is 0. The Hall–Kier alpha value is -0.770. The molecule has 49 heavy (non-hydrogen) atoms. The fourth-order valence-electron chi connectivity index (χ4n) is 6.36. The average molecular weight is 702 g/mol. The monoisotopic (exact) mass is 702 g/mol. The van der Waals surface area contributed by atoms with Crippen molar-refractivity contribution in [2.24, 2.45) is 0 Å². The molecule has 294 valence electrons. The molecule has 0 bridgehead atoms. The highest BCUT2D eigenvalue weighted by Crippen LogP contribution is 2.15. The molecule has 0 aromatic rings. The molecule has 0 rings (SSSR count). The van der Waals surface area contributed by atoms with E-state index in [1.54, 1.807) is 0 Å². The Morgan fingerprint density at radius 1 is 0.469 bits per heavy atom. The maximum Gasteiger partial charge on any atom is 0.222 e. The summed E-state index contributed by atoms with van der Waals surface area (Å²) < 4.78 is 11.0. The van der Waals surface area contributed by atoms with Crippen molar-refractivity contribution >= 4 is 5.91 Å². The van der Waals surface area contributed by atoms with Gasteiger partial charge in [-0.25, -0.2) is 0 Å². The van der Waals surface area contributed by atoms with Crippen LogP contribution in [-0.2, 0) is 14.3 Å². The van der Waals surface area contributed by atoms with Crippen LogP contribution in [0.15, 0.2) is 0 Å². The van der Waals surface area contributed by atoms with Gasteiger partial charge in [-0.1, -0.05) is 174 Å². The van der Waals surface area contributed by atoms with Crippen LogP contribution in [0, 0.1) is 0 Å². The third-order valence-electron chi connectivity index (χ3n) is 9.49. The van der Waals surface area contributed by atoms with Crippen LogP contribution in [-0.4, -0.2) is 95.7 Å².